The number of piperazine rings is 1. The molecule has 0 atom stereocenters. The van der Waals surface area contributed by atoms with Gasteiger partial charge in [-0.25, -0.2) is 0 Å². The van der Waals surface area contributed by atoms with E-state index in [9.17, 15) is 0 Å². The largest absolute Gasteiger partial charge is 0.325 e. The number of hydrogen-bond acceptors (Lipinski definition) is 1. The fourth-order valence-electron chi connectivity index (χ4n) is 4.00. The van der Waals surface area contributed by atoms with E-state index in [4.69, 9.17) is 5.26 Å². The topological polar surface area (TPSA) is 37.6 Å². The van der Waals surface area contributed by atoms with Gasteiger partial charge in [0.15, 0.2) is 6.67 Å². The molecule has 0 aliphatic carbocycles. The third kappa shape index (κ3) is 2.77. The molecule has 0 saturated carbocycles. The van der Waals surface area contributed by atoms with Crippen molar-refractivity contribution in [1.82, 2.24) is 4.57 Å². The minimum Gasteiger partial charge on any atom is -0.325 e. The van der Waals surface area contributed by atoms with Crippen molar-refractivity contribution in [3.63, 3.8) is 0 Å². The van der Waals surface area contributed by atoms with Gasteiger partial charge in [0.25, 0.3) is 0 Å². The Balaban J connectivity index is 1.58. The quantitative estimate of drug-likeness (QED) is 0.720. The van der Waals surface area contributed by atoms with Gasteiger partial charge in [0.2, 0.25) is 0 Å². The Hall–Kier alpha value is -2.35. The van der Waals surface area contributed by atoms with Gasteiger partial charge in [-0.3, -0.25) is 4.57 Å². The number of fused-ring (bicyclic) bond motifs is 3. The smallest absolute Gasteiger partial charge is 0.157 e. The number of rotatable bonds is 4. The van der Waals surface area contributed by atoms with Crippen LogP contribution in [0.2, 0.25) is 0 Å². The Morgan fingerprint density at radius 3 is 1.96 bits per heavy atom. The number of nitrogens with zero attached hydrogens (tertiary/aromatic N) is 2. The Bertz CT molecular complexity index is 828. The summed E-state index contributed by atoms with van der Waals surface area (Å²) in [6.07, 6.45) is 0.678. The molecule has 0 bridgehead atoms. The van der Waals surface area contributed by atoms with Gasteiger partial charge < -0.3 is 9.80 Å². The van der Waals surface area contributed by atoms with Crippen LogP contribution in [-0.2, 0) is 6.67 Å². The first-order valence-electron chi connectivity index (χ1n) is 8.87. The van der Waals surface area contributed by atoms with Gasteiger partial charge in [-0.2, -0.15) is 5.26 Å². The third-order valence-corrected chi connectivity index (χ3v) is 5.32. The zero-order valence-corrected chi connectivity index (χ0v) is 14.0. The Morgan fingerprint density at radius 1 is 0.833 bits per heavy atom. The van der Waals surface area contributed by atoms with E-state index in [0.29, 0.717) is 6.42 Å². The van der Waals surface area contributed by atoms with Crippen molar-refractivity contribution in [2.45, 2.75) is 13.1 Å². The average Bonchev–Trinajstić information content (AvgIpc) is 2.96. The summed E-state index contributed by atoms with van der Waals surface area (Å²) in [6.45, 7) is 6.74. The number of quaternary nitrogens is 2. The molecule has 0 spiro atoms. The molecule has 0 amide bonds. The number of hydrogen-bond donors (Lipinski definition) is 2. The monoisotopic (exact) mass is 320 g/mol. The highest BCUT2D eigenvalue weighted by atomic mass is 15.3. The van der Waals surface area contributed by atoms with Crippen LogP contribution >= 0.6 is 0 Å². The Morgan fingerprint density at radius 2 is 1.38 bits per heavy atom. The summed E-state index contributed by atoms with van der Waals surface area (Å²) in [7, 11) is 0. The first-order valence-corrected chi connectivity index (χ1v) is 8.87. The molecule has 3 aromatic rings. The molecule has 1 aromatic heterocycles. The van der Waals surface area contributed by atoms with Crippen molar-refractivity contribution in [1.29, 1.82) is 5.26 Å². The van der Waals surface area contributed by atoms with Gasteiger partial charge >= 0.3 is 0 Å². The summed E-state index contributed by atoms with van der Waals surface area (Å²) in [5.74, 6) is 0. The molecule has 0 radical (unpaired) electrons. The van der Waals surface area contributed by atoms with Crippen LogP contribution in [0.25, 0.3) is 21.8 Å². The van der Waals surface area contributed by atoms with Gasteiger partial charge in [0.05, 0.1) is 30.1 Å². The first kappa shape index (κ1) is 15.2. The van der Waals surface area contributed by atoms with E-state index in [-0.39, 0.29) is 0 Å². The predicted molar refractivity (Wildman–Crippen MR) is 95.9 cm³/mol. The van der Waals surface area contributed by atoms with E-state index in [1.165, 1.54) is 48.0 Å². The molecule has 2 aromatic carbocycles. The van der Waals surface area contributed by atoms with Crippen molar-refractivity contribution < 1.29 is 9.80 Å². The summed E-state index contributed by atoms with van der Waals surface area (Å²) < 4.78 is 2.49. The lowest BCUT2D eigenvalue weighted by Gasteiger charge is -2.29. The zero-order chi connectivity index (χ0) is 16.4. The highest BCUT2D eigenvalue weighted by Crippen LogP contribution is 2.27. The molecule has 1 fully saturated rings. The molecule has 122 valence electrons. The molecule has 4 heteroatoms. The second-order valence-corrected chi connectivity index (χ2v) is 6.78. The van der Waals surface area contributed by atoms with Crippen LogP contribution in [-0.4, -0.2) is 37.3 Å². The van der Waals surface area contributed by atoms with Crippen LogP contribution in [0, 0.1) is 11.3 Å². The molecule has 4 nitrogen and oxygen atoms in total. The maximum atomic E-state index is 8.75. The van der Waals surface area contributed by atoms with Crippen LogP contribution in [0.5, 0.6) is 0 Å². The highest BCUT2D eigenvalue weighted by Gasteiger charge is 2.23. The average molecular weight is 320 g/mol. The maximum absolute atomic E-state index is 8.75. The van der Waals surface area contributed by atoms with Crippen molar-refractivity contribution in [3.05, 3.63) is 48.5 Å². The van der Waals surface area contributed by atoms with E-state index >= 15 is 0 Å². The van der Waals surface area contributed by atoms with Gasteiger partial charge in [-0.1, -0.05) is 36.4 Å². The highest BCUT2D eigenvalue weighted by molar-refractivity contribution is 6.07. The third-order valence-electron chi connectivity index (χ3n) is 5.32. The predicted octanol–water partition coefficient (Wildman–Crippen LogP) is 0.449. The number of nitrogens with one attached hydrogen (secondary N) is 2. The molecular formula is C20H24N4+2. The van der Waals surface area contributed by atoms with Crippen LogP contribution in [0.15, 0.2) is 48.5 Å². The maximum Gasteiger partial charge on any atom is 0.157 e. The van der Waals surface area contributed by atoms with Crippen LogP contribution in [0.4, 0.5) is 0 Å². The van der Waals surface area contributed by atoms with Gasteiger partial charge in [-0.05, 0) is 12.1 Å². The fourth-order valence-corrected chi connectivity index (χ4v) is 4.00. The van der Waals surface area contributed by atoms with Crippen molar-refractivity contribution in [3.8, 4) is 6.07 Å². The molecule has 24 heavy (non-hydrogen) atoms. The lowest BCUT2D eigenvalue weighted by molar-refractivity contribution is -1.02. The van der Waals surface area contributed by atoms with E-state index < -0.39 is 0 Å². The van der Waals surface area contributed by atoms with E-state index in [1.807, 2.05) is 0 Å². The lowest BCUT2D eigenvalue weighted by Crippen LogP contribution is -3.27. The van der Waals surface area contributed by atoms with Crippen LogP contribution < -0.4 is 9.80 Å². The molecule has 1 saturated heterocycles. The summed E-state index contributed by atoms with van der Waals surface area (Å²) in [6, 6.07) is 19.7. The molecule has 4 rings (SSSR count). The van der Waals surface area contributed by atoms with Gasteiger partial charge in [-0.15, -0.1) is 0 Å². The van der Waals surface area contributed by atoms with E-state index in [0.717, 1.165) is 13.2 Å². The Labute approximate surface area is 142 Å². The van der Waals surface area contributed by atoms with E-state index in [2.05, 4.69) is 59.2 Å². The minimum atomic E-state index is 0.678. The fraction of sp³-hybridized carbons (Fsp3) is 0.350. The van der Waals surface area contributed by atoms with Crippen LogP contribution in [0.1, 0.15) is 6.42 Å². The normalized spacial score (nSPS) is 21.1. The molecule has 0 unspecified atom stereocenters. The number of para-hydroxylation sites is 2. The molecular weight excluding hydrogens is 296 g/mol. The van der Waals surface area contributed by atoms with E-state index in [1.54, 1.807) is 9.80 Å². The SMILES string of the molecule is N#CCC[NH+]1CC[NH+](Cn2c3ccccc3c3ccccc32)CC1. The van der Waals surface area contributed by atoms with Gasteiger partial charge in [0, 0.05) is 10.8 Å². The second kappa shape index (κ2) is 6.64. The standard InChI is InChI=1S/C20H22N4/c21-10-5-11-22-12-14-23(15-13-22)16-24-19-8-3-1-6-17(19)18-7-2-4-9-20(18)24/h1-4,6-9H,5,11-16H2/p+2. The summed E-state index contributed by atoms with van der Waals surface area (Å²) in [5, 5.41) is 11.5. The minimum absolute atomic E-state index is 0.678. The zero-order valence-electron chi connectivity index (χ0n) is 14.0. The van der Waals surface area contributed by atoms with Gasteiger partial charge in [0.1, 0.15) is 26.2 Å². The second-order valence-electron chi connectivity index (χ2n) is 6.78. The molecule has 1 aliphatic rings. The van der Waals surface area contributed by atoms with Crippen molar-refractivity contribution in [2.75, 3.05) is 32.7 Å². The summed E-state index contributed by atoms with van der Waals surface area (Å²) >= 11 is 0. The Kier molecular flexibility index (Phi) is 4.20. The number of nitriles is 1. The molecule has 2 heterocycles. The lowest BCUT2D eigenvalue weighted by atomic mass is 10.2. The molecule has 2 N–H and O–H groups in total. The van der Waals surface area contributed by atoms with Crippen LogP contribution in [0.3, 0.4) is 0 Å². The molecule has 1 aliphatic heterocycles. The number of benzene rings is 2. The first-order chi connectivity index (χ1) is 11.9. The summed E-state index contributed by atoms with van der Waals surface area (Å²) in [5.41, 5.74) is 2.68. The number of aromatic nitrogens is 1. The van der Waals surface area contributed by atoms with Crippen molar-refractivity contribution in [2.24, 2.45) is 0 Å². The van der Waals surface area contributed by atoms with Crippen molar-refractivity contribution >= 4 is 21.8 Å². The summed E-state index contributed by atoms with van der Waals surface area (Å²) in [4.78, 5) is 3.23.